The Bertz CT molecular complexity index is 1320. The van der Waals surface area contributed by atoms with Crippen molar-refractivity contribution in [3.05, 3.63) is 57.0 Å². The number of azide groups is 1. The number of esters is 1. The first-order valence-electron chi connectivity index (χ1n) is 11.2. The molecule has 1 aliphatic rings. The van der Waals surface area contributed by atoms with E-state index >= 15 is 0 Å². The smallest absolute Gasteiger partial charge is 0.395 e. The van der Waals surface area contributed by atoms with Crippen molar-refractivity contribution in [1.82, 2.24) is 9.55 Å². The average molecular weight is 551 g/mol. The third-order valence-electron chi connectivity index (χ3n) is 5.42. The Labute approximate surface area is 216 Å². The van der Waals surface area contributed by atoms with E-state index in [0.29, 0.717) is 5.56 Å². The van der Waals surface area contributed by atoms with E-state index in [2.05, 4.69) is 19.8 Å². The molecule has 0 amide bonds. The Morgan fingerprint density at radius 2 is 2.18 bits per heavy atom. The van der Waals surface area contributed by atoms with Gasteiger partial charge in [0.15, 0.2) is 18.0 Å². The van der Waals surface area contributed by atoms with Gasteiger partial charge >= 0.3 is 19.8 Å². The number of ether oxygens (including phenoxy) is 3. The van der Waals surface area contributed by atoms with Gasteiger partial charge in [0.25, 0.3) is 0 Å². The highest BCUT2D eigenvalue weighted by molar-refractivity contribution is 7.34. The van der Waals surface area contributed by atoms with E-state index in [4.69, 9.17) is 30.0 Å². The SMILES string of the molecule is CCOC(=O)[C@H](C)N=[P+]([O-])Oc1ccc(C)c(OC[C@@]2(N=[N+]=[N-])O[C@@H](n3ccc(N)nc3=O)[C@H](O)[C@@H]2O)c1. The van der Waals surface area contributed by atoms with E-state index < -0.39 is 56.6 Å². The molecular weight excluding hydrogens is 525 g/mol. The van der Waals surface area contributed by atoms with Crippen LogP contribution >= 0.6 is 8.17 Å². The molecule has 3 rings (SSSR count). The summed E-state index contributed by atoms with van der Waals surface area (Å²) in [6.07, 6.45) is -3.76. The summed E-state index contributed by atoms with van der Waals surface area (Å²) >= 11 is 0. The number of hydrogen-bond acceptors (Lipinski definition) is 13. The van der Waals surface area contributed by atoms with Crippen LogP contribution in [0.3, 0.4) is 0 Å². The lowest BCUT2D eigenvalue weighted by Crippen LogP contribution is -2.46. The molecule has 0 bridgehead atoms. The van der Waals surface area contributed by atoms with Crippen molar-refractivity contribution in [3.8, 4) is 11.5 Å². The van der Waals surface area contributed by atoms with Gasteiger partial charge in [-0.15, -0.1) is 0 Å². The van der Waals surface area contributed by atoms with E-state index in [-0.39, 0.29) is 23.9 Å². The summed E-state index contributed by atoms with van der Waals surface area (Å²) in [6.45, 7) is 4.28. The quantitative estimate of drug-likeness (QED) is 0.122. The summed E-state index contributed by atoms with van der Waals surface area (Å²) in [4.78, 5) is 42.4. The Kier molecular flexibility index (Phi) is 9.22. The fourth-order valence-electron chi connectivity index (χ4n) is 3.46. The molecule has 1 unspecified atom stereocenters. The molecule has 0 radical (unpaired) electrons. The first-order valence-corrected chi connectivity index (χ1v) is 12.3. The van der Waals surface area contributed by atoms with Gasteiger partial charge in [-0.1, -0.05) is 15.9 Å². The molecular formula is C21H26N7O9P. The van der Waals surface area contributed by atoms with Crippen molar-refractivity contribution >= 4 is 20.0 Å². The number of carbonyl (C=O) groups is 1. The molecule has 17 heteroatoms. The largest absolute Gasteiger partial charge is 0.575 e. The monoisotopic (exact) mass is 551 g/mol. The average Bonchev–Trinajstić information content (AvgIpc) is 3.10. The van der Waals surface area contributed by atoms with E-state index in [1.54, 1.807) is 19.9 Å². The minimum atomic E-state index is -2.64. The molecule has 2 heterocycles. The van der Waals surface area contributed by atoms with Crippen LogP contribution in [0.4, 0.5) is 5.82 Å². The van der Waals surface area contributed by atoms with E-state index in [1.165, 1.54) is 31.3 Å². The molecule has 2 aromatic rings. The van der Waals surface area contributed by atoms with Crippen molar-refractivity contribution < 1.29 is 38.6 Å². The number of anilines is 1. The molecule has 38 heavy (non-hydrogen) atoms. The van der Waals surface area contributed by atoms with Crippen LogP contribution in [0.25, 0.3) is 10.4 Å². The zero-order valence-electron chi connectivity index (χ0n) is 20.6. The number of aryl methyl sites for hydroxylation is 1. The van der Waals surface area contributed by atoms with Crippen molar-refractivity contribution in [3.63, 3.8) is 0 Å². The lowest BCUT2D eigenvalue weighted by Gasteiger charge is -2.27. The number of benzene rings is 1. The number of hydrogen-bond donors (Lipinski definition) is 3. The summed E-state index contributed by atoms with van der Waals surface area (Å²) < 4.78 is 26.1. The molecule has 1 aromatic carbocycles. The minimum absolute atomic E-state index is 0.0635. The van der Waals surface area contributed by atoms with Crippen molar-refractivity contribution in [2.24, 2.45) is 9.86 Å². The second-order valence-corrected chi connectivity index (χ2v) is 9.00. The number of nitrogens with zero attached hydrogens (tertiary/aromatic N) is 6. The maximum Gasteiger partial charge on any atom is 0.395 e. The Balaban J connectivity index is 1.80. The second-order valence-electron chi connectivity index (χ2n) is 8.11. The molecule has 1 aromatic heterocycles. The highest BCUT2D eigenvalue weighted by atomic mass is 31.1. The lowest BCUT2D eigenvalue weighted by molar-refractivity contribution is -0.169. The van der Waals surface area contributed by atoms with Gasteiger partial charge in [-0.25, -0.2) is 9.59 Å². The fraction of sp³-hybridized carbons (Fsp3) is 0.476. The third kappa shape index (κ3) is 6.37. The number of carbonyl (C=O) groups excluding carboxylic acids is 1. The van der Waals surface area contributed by atoms with Crippen molar-refractivity contribution in [2.45, 2.75) is 51.0 Å². The minimum Gasteiger partial charge on any atom is -0.575 e. The van der Waals surface area contributed by atoms with Crippen LogP contribution in [0.2, 0.25) is 0 Å². The van der Waals surface area contributed by atoms with Crippen LogP contribution in [0.15, 0.2) is 45.1 Å². The zero-order chi connectivity index (χ0) is 28.0. The van der Waals surface area contributed by atoms with Gasteiger partial charge in [0, 0.05) is 17.2 Å². The summed E-state index contributed by atoms with van der Waals surface area (Å²) in [5.41, 5.74) is 12.2. The molecule has 1 saturated heterocycles. The highest BCUT2D eigenvalue weighted by Gasteiger charge is 2.56. The number of nitrogens with two attached hydrogens (primary N) is 1. The van der Waals surface area contributed by atoms with Gasteiger partial charge in [0.1, 0.15) is 30.4 Å². The first kappa shape index (κ1) is 28.8. The van der Waals surface area contributed by atoms with Gasteiger partial charge in [0.05, 0.1) is 6.61 Å². The third-order valence-corrected chi connectivity index (χ3v) is 6.32. The van der Waals surface area contributed by atoms with E-state index in [9.17, 15) is 24.7 Å². The normalized spacial score (nSPS) is 23.8. The molecule has 4 N–H and O–H groups in total. The molecule has 16 nitrogen and oxygen atoms in total. The van der Waals surface area contributed by atoms with Crippen LogP contribution in [0, 0.1) is 6.92 Å². The molecule has 0 saturated carbocycles. The highest BCUT2D eigenvalue weighted by Crippen LogP contribution is 2.39. The molecule has 6 atom stereocenters. The molecule has 1 fully saturated rings. The maximum absolute atomic E-state index is 12.3. The summed E-state index contributed by atoms with van der Waals surface area (Å²) in [7, 11) is -2.64. The van der Waals surface area contributed by atoms with Crippen LogP contribution in [0.5, 0.6) is 11.5 Å². The number of rotatable bonds is 10. The van der Waals surface area contributed by atoms with Gasteiger partial charge in [-0.2, -0.15) is 4.98 Å². The number of aliphatic hydroxyl groups excluding tert-OH is 2. The zero-order valence-corrected chi connectivity index (χ0v) is 21.5. The van der Waals surface area contributed by atoms with Gasteiger partial charge < -0.3 is 35.1 Å². The van der Waals surface area contributed by atoms with E-state index in [1.807, 2.05) is 0 Å². The van der Waals surface area contributed by atoms with E-state index in [0.717, 1.165) is 4.57 Å². The maximum atomic E-state index is 12.3. The summed E-state index contributed by atoms with van der Waals surface area (Å²) in [5, 5.41) is 24.8. The second kappa shape index (κ2) is 12.2. The first-order chi connectivity index (χ1) is 18.0. The van der Waals surface area contributed by atoms with Gasteiger partial charge in [0.2, 0.25) is 5.72 Å². The Morgan fingerprint density at radius 1 is 1.45 bits per heavy atom. The van der Waals surface area contributed by atoms with Crippen LogP contribution < -0.4 is 25.6 Å². The van der Waals surface area contributed by atoms with Crippen LogP contribution in [-0.2, 0) is 14.3 Å². The van der Waals surface area contributed by atoms with Gasteiger partial charge in [-0.3, -0.25) is 9.09 Å². The number of nitrogen functional groups attached to an aromatic ring is 1. The van der Waals surface area contributed by atoms with Crippen molar-refractivity contribution in [2.75, 3.05) is 18.9 Å². The van der Waals surface area contributed by atoms with Crippen LogP contribution in [-0.4, -0.2) is 62.9 Å². The topological polar surface area (TPSA) is 240 Å². The fourth-order valence-corrected chi connectivity index (χ4v) is 4.18. The van der Waals surface area contributed by atoms with Gasteiger partial charge in [-0.05, 0) is 44.0 Å². The summed E-state index contributed by atoms with van der Waals surface area (Å²) in [6, 6.07) is 4.71. The van der Waals surface area contributed by atoms with Crippen LogP contribution in [0.1, 0.15) is 25.6 Å². The number of aliphatic hydroxyl groups is 2. The molecule has 204 valence electrons. The van der Waals surface area contributed by atoms with Crippen molar-refractivity contribution in [1.29, 1.82) is 0 Å². The number of aromatic nitrogens is 2. The summed E-state index contributed by atoms with van der Waals surface area (Å²) in [5.74, 6) is -0.471. The standard InChI is InChI=1S/C21H26N7O9P/c1-4-34-19(31)12(3)25-38(33)37-13-6-5-11(2)14(9-13)35-10-21(26-27-23)17(30)16(29)18(36-21)28-8-7-15(22)24-20(28)32/h5-9,12,16-18,29-30H,4,10H2,1-3H3,(H2,22,24,32)/t12-,16+,17-,18+,21+/m0/s1. The Morgan fingerprint density at radius 3 is 2.84 bits per heavy atom. The molecule has 1 aliphatic heterocycles. The lowest BCUT2D eigenvalue weighted by atomic mass is 10.1. The predicted molar refractivity (Wildman–Crippen MR) is 130 cm³/mol. The molecule has 0 aliphatic carbocycles. The Hall–Kier alpha value is -3.78. The molecule has 0 spiro atoms. The predicted octanol–water partition coefficient (Wildman–Crippen LogP) is 0.656.